The van der Waals surface area contributed by atoms with Gasteiger partial charge in [-0.1, -0.05) is 0 Å². The molecule has 2 rings (SSSR count). The van der Waals surface area contributed by atoms with Crippen LogP contribution in [-0.2, 0) is 18.4 Å². The highest BCUT2D eigenvalue weighted by atomic mass is 16.5. The molecule has 5 nitrogen and oxygen atoms in total. The molecule has 1 N–H and O–H groups in total. The van der Waals surface area contributed by atoms with Crippen molar-refractivity contribution < 1.29 is 4.74 Å². The second-order valence-electron chi connectivity index (χ2n) is 4.03. The molecule has 0 aliphatic carbocycles. The van der Waals surface area contributed by atoms with Gasteiger partial charge in [0.15, 0.2) is 5.82 Å². The summed E-state index contributed by atoms with van der Waals surface area (Å²) in [5, 5.41) is 11.4. The smallest absolute Gasteiger partial charge is 0.158 e. The lowest BCUT2D eigenvalue weighted by atomic mass is 10.2. The van der Waals surface area contributed by atoms with Crippen molar-refractivity contribution in [1.82, 2.24) is 20.1 Å². The average Bonchev–Trinajstić information content (AvgIpc) is 2.83. The summed E-state index contributed by atoms with van der Waals surface area (Å²) >= 11 is 0. The van der Waals surface area contributed by atoms with Crippen molar-refractivity contribution in [2.75, 3.05) is 13.2 Å². The van der Waals surface area contributed by atoms with E-state index in [1.54, 1.807) is 0 Å². The second kappa shape index (κ2) is 4.72. The first kappa shape index (κ1) is 10.6. The zero-order chi connectivity index (χ0) is 10.7. The Morgan fingerprint density at radius 2 is 2.40 bits per heavy atom. The van der Waals surface area contributed by atoms with E-state index in [1.165, 1.54) is 12.8 Å². The van der Waals surface area contributed by atoms with Crippen LogP contribution in [0.4, 0.5) is 0 Å². The van der Waals surface area contributed by atoms with Crippen molar-refractivity contribution >= 4 is 0 Å². The molecule has 2 heterocycles. The molecule has 1 aliphatic heterocycles. The van der Waals surface area contributed by atoms with Crippen LogP contribution in [0.5, 0.6) is 0 Å². The number of hydrogen-bond acceptors (Lipinski definition) is 4. The number of aryl methyl sites for hydroxylation is 1. The highest BCUT2D eigenvalue weighted by molar-refractivity contribution is 4.90. The van der Waals surface area contributed by atoms with E-state index in [-0.39, 0.29) is 0 Å². The molecule has 1 aliphatic rings. The normalized spacial score (nSPS) is 21.1. The van der Waals surface area contributed by atoms with Crippen molar-refractivity contribution in [2.45, 2.75) is 32.4 Å². The molecule has 1 atom stereocenters. The largest absolute Gasteiger partial charge is 0.372 e. The lowest BCUT2D eigenvalue weighted by Crippen LogP contribution is -2.26. The van der Waals surface area contributed by atoms with Gasteiger partial charge in [-0.2, -0.15) is 0 Å². The second-order valence-corrected chi connectivity index (χ2v) is 4.03. The summed E-state index contributed by atoms with van der Waals surface area (Å²) in [5.74, 6) is 1.82. The summed E-state index contributed by atoms with van der Waals surface area (Å²) in [6.07, 6.45) is 2.48. The molecule has 0 bridgehead atoms. The molecular weight excluding hydrogens is 192 g/mol. The maximum absolute atomic E-state index is 5.61. The molecule has 1 saturated heterocycles. The van der Waals surface area contributed by atoms with Crippen LogP contribution in [-0.4, -0.2) is 34.0 Å². The zero-order valence-corrected chi connectivity index (χ0v) is 9.36. The summed E-state index contributed by atoms with van der Waals surface area (Å²) in [7, 11) is 1.96. The fraction of sp³-hybridized carbons (Fsp3) is 0.800. The summed E-state index contributed by atoms with van der Waals surface area (Å²) in [4.78, 5) is 0. The fourth-order valence-electron chi connectivity index (χ4n) is 1.77. The number of hydrogen-bond donors (Lipinski definition) is 1. The Balaban J connectivity index is 1.75. The van der Waals surface area contributed by atoms with Gasteiger partial charge >= 0.3 is 0 Å². The molecule has 0 saturated carbocycles. The third kappa shape index (κ3) is 2.54. The summed E-state index contributed by atoms with van der Waals surface area (Å²) in [6.45, 7) is 4.38. The molecule has 0 aromatic carbocycles. The first-order valence-corrected chi connectivity index (χ1v) is 5.43. The standard InChI is InChI=1S/C10H18N4O/c1-8-12-13-10(14(8)2)7-15-6-9-4-3-5-11-9/h9,11H,3-7H2,1-2H3. The van der Waals surface area contributed by atoms with Crippen LogP contribution in [0.3, 0.4) is 0 Å². The minimum atomic E-state index is 0.527. The van der Waals surface area contributed by atoms with Crippen LogP contribution in [0.15, 0.2) is 0 Å². The van der Waals surface area contributed by atoms with E-state index < -0.39 is 0 Å². The lowest BCUT2D eigenvalue weighted by molar-refractivity contribution is 0.0966. The molecule has 1 aromatic rings. The topological polar surface area (TPSA) is 52.0 Å². The molecule has 1 fully saturated rings. The van der Waals surface area contributed by atoms with Gasteiger partial charge < -0.3 is 14.6 Å². The number of aromatic nitrogens is 3. The van der Waals surface area contributed by atoms with Crippen LogP contribution < -0.4 is 5.32 Å². The summed E-state index contributed by atoms with van der Waals surface area (Å²) in [6, 6.07) is 0.527. The van der Waals surface area contributed by atoms with Gasteiger partial charge in [0.05, 0.1) is 6.61 Å². The van der Waals surface area contributed by atoms with Crippen molar-refractivity contribution in [2.24, 2.45) is 7.05 Å². The number of rotatable bonds is 4. The van der Waals surface area contributed by atoms with Gasteiger partial charge in [-0.25, -0.2) is 0 Å². The Bertz CT molecular complexity index is 317. The van der Waals surface area contributed by atoms with Crippen molar-refractivity contribution in [3.8, 4) is 0 Å². The number of ether oxygens (including phenoxy) is 1. The Morgan fingerprint density at radius 1 is 1.53 bits per heavy atom. The van der Waals surface area contributed by atoms with Crippen LogP contribution >= 0.6 is 0 Å². The van der Waals surface area contributed by atoms with Gasteiger partial charge in [-0.15, -0.1) is 10.2 Å². The van der Waals surface area contributed by atoms with E-state index in [0.717, 1.165) is 24.8 Å². The first-order valence-electron chi connectivity index (χ1n) is 5.43. The van der Waals surface area contributed by atoms with Crippen LogP contribution in [0.25, 0.3) is 0 Å². The van der Waals surface area contributed by atoms with Crippen molar-refractivity contribution in [3.05, 3.63) is 11.6 Å². The van der Waals surface area contributed by atoms with Gasteiger partial charge in [0.2, 0.25) is 0 Å². The van der Waals surface area contributed by atoms with E-state index in [1.807, 2.05) is 18.5 Å². The Hall–Kier alpha value is -0.940. The third-order valence-corrected chi connectivity index (χ3v) is 2.90. The van der Waals surface area contributed by atoms with Gasteiger partial charge in [-0.3, -0.25) is 0 Å². The quantitative estimate of drug-likeness (QED) is 0.781. The zero-order valence-electron chi connectivity index (χ0n) is 9.36. The van der Waals surface area contributed by atoms with Gasteiger partial charge in [0, 0.05) is 13.1 Å². The van der Waals surface area contributed by atoms with Crippen molar-refractivity contribution in [3.63, 3.8) is 0 Å². The highest BCUT2D eigenvalue weighted by Crippen LogP contribution is 2.06. The van der Waals surface area contributed by atoms with Gasteiger partial charge in [0.25, 0.3) is 0 Å². The van der Waals surface area contributed by atoms with Crippen molar-refractivity contribution in [1.29, 1.82) is 0 Å². The minimum Gasteiger partial charge on any atom is -0.372 e. The summed E-state index contributed by atoms with van der Waals surface area (Å²) < 4.78 is 7.57. The molecule has 0 amide bonds. The Morgan fingerprint density at radius 3 is 3.00 bits per heavy atom. The SMILES string of the molecule is Cc1nnc(COCC2CCCN2)n1C. The first-order chi connectivity index (χ1) is 7.27. The van der Waals surface area contributed by atoms with Gasteiger partial charge in [0.1, 0.15) is 12.4 Å². The van der Waals surface area contributed by atoms with E-state index in [2.05, 4.69) is 15.5 Å². The molecule has 15 heavy (non-hydrogen) atoms. The fourth-order valence-corrected chi connectivity index (χ4v) is 1.77. The van der Waals surface area contributed by atoms with E-state index in [9.17, 15) is 0 Å². The number of nitrogens with one attached hydrogen (secondary N) is 1. The molecule has 0 spiro atoms. The highest BCUT2D eigenvalue weighted by Gasteiger charge is 2.14. The maximum Gasteiger partial charge on any atom is 0.158 e. The molecule has 84 valence electrons. The van der Waals surface area contributed by atoms with Crippen LogP contribution in [0, 0.1) is 6.92 Å². The minimum absolute atomic E-state index is 0.527. The summed E-state index contributed by atoms with van der Waals surface area (Å²) in [5.41, 5.74) is 0. The molecule has 5 heteroatoms. The monoisotopic (exact) mass is 210 g/mol. The molecular formula is C10H18N4O. The van der Waals surface area contributed by atoms with Crippen LogP contribution in [0.2, 0.25) is 0 Å². The van der Waals surface area contributed by atoms with E-state index in [4.69, 9.17) is 4.74 Å². The van der Waals surface area contributed by atoms with Gasteiger partial charge in [-0.05, 0) is 26.3 Å². The molecule has 1 unspecified atom stereocenters. The maximum atomic E-state index is 5.61. The predicted octanol–water partition coefficient (Wildman–Crippen LogP) is 0.392. The molecule has 0 radical (unpaired) electrons. The van der Waals surface area contributed by atoms with Crippen LogP contribution in [0.1, 0.15) is 24.5 Å². The number of nitrogens with zero attached hydrogens (tertiary/aromatic N) is 3. The van der Waals surface area contributed by atoms with E-state index >= 15 is 0 Å². The van der Waals surface area contributed by atoms with E-state index in [0.29, 0.717) is 12.6 Å². The Kier molecular flexibility index (Phi) is 3.33. The third-order valence-electron chi connectivity index (χ3n) is 2.90. The molecule has 1 aromatic heterocycles. The Labute approximate surface area is 89.8 Å². The predicted molar refractivity (Wildman–Crippen MR) is 56.4 cm³/mol. The average molecular weight is 210 g/mol. The lowest BCUT2D eigenvalue weighted by Gasteiger charge is -2.10.